The van der Waals surface area contributed by atoms with E-state index in [1.165, 1.54) is 0 Å². The highest BCUT2D eigenvalue weighted by Gasteiger charge is 2.44. The largest absolute Gasteiger partial charge is 0.462 e. The molecule has 1 aliphatic carbocycles. The van der Waals surface area contributed by atoms with E-state index in [0.29, 0.717) is 24.2 Å². The normalized spacial score (nSPS) is 21.2. The molecule has 150 valence electrons. The Hall–Kier alpha value is -2.76. The number of Topliss-reactive ketones (excluding diaryl/α,β-unsaturated/α-hetero) is 1. The number of carbonyl (C=O) groups is 2. The van der Waals surface area contributed by atoms with Gasteiger partial charge in [-0.1, -0.05) is 26.0 Å². The molecule has 0 saturated heterocycles. The van der Waals surface area contributed by atoms with Gasteiger partial charge in [-0.2, -0.15) is 0 Å². The molecule has 0 fully saturated rings. The Morgan fingerprint density at radius 1 is 1.25 bits per heavy atom. The van der Waals surface area contributed by atoms with Gasteiger partial charge in [0.2, 0.25) is 5.88 Å². The molecule has 1 aromatic rings. The van der Waals surface area contributed by atoms with Gasteiger partial charge in [0.25, 0.3) is 0 Å². The van der Waals surface area contributed by atoms with Crippen LogP contribution in [0, 0.1) is 5.41 Å². The number of benzene rings is 1. The maximum Gasteiger partial charge on any atom is 0.340 e. The third-order valence-electron chi connectivity index (χ3n) is 5.19. The molecular weight excluding hydrogens is 356 g/mol. The minimum absolute atomic E-state index is 0.0118. The maximum absolute atomic E-state index is 13.1. The fourth-order valence-electron chi connectivity index (χ4n) is 3.89. The number of carbonyl (C=O) groups excluding carboxylic acids is 2. The molecule has 0 radical (unpaired) electrons. The third-order valence-corrected chi connectivity index (χ3v) is 5.19. The smallest absolute Gasteiger partial charge is 0.340 e. The predicted molar refractivity (Wildman–Crippen MR) is 107 cm³/mol. The zero-order valence-electron chi connectivity index (χ0n) is 17.2. The number of nitrogens with zero attached hydrogens (tertiary/aromatic N) is 1. The van der Waals surface area contributed by atoms with Gasteiger partial charge in [-0.15, -0.1) is 0 Å². The molecule has 3 rings (SSSR count). The van der Waals surface area contributed by atoms with E-state index in [9.17, 15) is 9.59 Å². The quantitative estimate of drug-likeness (QED) is 0.803. The van der Waals surface area contributed by atoms with Crippen molar-refractivity contribution in [3.63, 3.8) is 0 Å². The minimum Gasteiger partial charge on any atom is -0.462 e. The fourth-order valence-corrected chi connectivity index (χ4v) is 3.89. The Bertz CT molecular complexity index is 863. The van der Waals surface area contributed by atoms with Crippen LogP contribution in [0.3, 0.4) is 0 Å². The van der Waals surface area contributed by atoms with Gasteiger partial charge in [0.05, 0.1) is 12.5 Å². The van der Waals surface area contributed by atoms with Crippen LogP contribution in [0.4, 0.5) is 5.69 Å². The summed E-state index contributed by atoms with van der Waals surface area (Å²) in [5.41, 5.74) is 8.51. The number of nitrogens with two attached hydrogens (primary N) is 1. The molecule has 6 heteroatoms. The lowest BCUT2D eigenvalue weighted by molar-refractivity contribution is -0.139. The van der Waals surface area contributed by atoms with Crippen LogP contribution >= 0.6 is 0 Å². The highest BCUT2D eigenvalue weighted by atomic mass is 16.5. The first-order valence-corrected chi connectivity index (χ1v) is 9.52. The second-order valence-electron chi connectivity index (χ2n) is 8.30. The number of ether oxygens (including phenoxy) is 2. The third kappa shape index (κ3) is 3.63. The number of hydrogen-bond donors (Lipinski definition) is 1. The van der Waals surface area contributed by atoms with Crippen molar-refractivity contribution in [3.8, 4) is 0 Å². The Morgan fingerprint density at radius 3 is 2.46 bits per heavy atom. The van der Waals surface area contributed by atoms with Crippen molar-refractivity contribution in [2.24, 2.45) is 11.1 Å². The molecule has 0 spiro atoms. The van der Waals surface area contributed by atoms with E-state index in [1.807, 2.05) is 57.1 Å². The van der Waals surface area contributed by atoms with Crippen LogP contribution < -0.4 is 10.6 Å². The van der Waals surface area contributed by atoms with Gasteiger partial charge in [-0.05, 0) is 30.0 Å². The number of anilines is 1. The Kier molecular flexibility index (Phi) is 5.24. The number of hydrogen-bond acceptors (Lipinski definition) is 6. The van der Waals surface area contributed by atoms with Gasteiger partial charge in [0.15, 0.2) is 5.78 Å². The first-order chi connectivity index (χ1) is 13.1. The summed E-state index contributed by atoms with van der Waals surface area (Å²) in [5.74, 6) is -0.561. The van der Waals surface area contributed by atoms with Crippen molar-refractivity contribution in [1.29, 1.82) is 0 Å². The molecular formula is C22H28N2O4. The SMILES string of the molecule is CCOC(=O)C1=C(N)OC2=C(C(=O)CC(C)(C)C2)[C@@H]1c1ccc(N(C)C)cc1. The van der Waals surface area contributed by atoms with Gasteiger partial charge in [0.1, 0.15) is 11.3 Å². The van der Waals surface area contributed by atoms with Crippen molar-refractivity contribution in [2.75, 3.05) is 25.6 Å². The van der Waals surface area contributed by atoms with Gasteiger partial charge in [0, 0.05) is 38.2 Å². The highest BCUT2D eigenvalue weighted by Crippen LogP contribution is 2.48. The molecule has 1 aromatic carbocycles. The Morgan fingerprint density at radius 2 is 1.89 bits per heavy atom. The zero-order valence-corrected chi connectivity index (χ0v) is 17.2. The second kappa shape index (κ2) is 7.34. The van der Waals surface area contributed by atoms with Crippen LogP contribution in [-0.4, -0.2) is 32.5 Å². The van der Waals surface area contributed by atoms with E-state index in [-0.39, 0.29) is 29.3 Å². The average Bonchev–Trinajstić information content (AvgIpc) is 2.59. The topological polar surface area (TPSA) is 81.9 Å². The van der Waals surface area contributed by atoms with E-state index < -0.39 is 11.9 Å². The number of rotatable bonds is 4. The van der Waals surface area contributed by atoms with Crippen molar-refractivity contribution in [1.82, 2.24) is 0 Å². The second-order valence-corrected chi connectivity index (χ2v) is 8.30. The highest BCUT2D eigenvalue weighted by molar-refractivity contribution is 6.03. The molecule has 2 N–H and O–H groups in total. The first kappa shape index (κ1) is 20.0. The number of esters is 1. The summed E-state index contributed by atoms with van der Waals surface area (Å²) in [6, 6.07) is 7.77. The van der Waals surface area contributed by atoms with Gasteiger partial charge in [-0.3, -0.25) is 4.79 Å². The van der Waals surface area contributed by atoms with Crippen LogP contribution in [0.25, 0.3) is 0 Å². The van der Waals surface area contributed by atoms with E-state index in [1.54, 1.807) is 6.92 Å². The molecule has 0 saturated carbocycles. The molecule has 6 nitrogen and oxygen atoms in total. The number of ketones is 1. The molecule has 28 heavy (non-hydrogen) atoms. The van der Waals surface area contributed by atoms with Gasteiger partial charge < -0.3 is 20.1 Å². The molecule has 2 aliphatic rings. The standard InChI is InChI=1S/C22H28N2O4/c1-6-27-21(26)19-17(13-7-9-14(10-8-13)24(4)5)18-15(25)11-22(2,3)12-16(18)28-20(19)23/h7-10,17H,6,11-12,23H2,1-5H3/t17-/m0/s1. The van der Waals surface area contributed by atoms with Crippen LogP contribution in [0.5, 0.6) is 0 Å². The van der Waals surface area contributed by atoms with Crippen LogP contribution in [0.1, 0.15) is 45.1 Å². The van der Waals surface area contributed by atoms with E-state index >= 15 is 0 Å². The van der Waals surface area contributed by atoms with Gasteiger partial charge >= 0.3 is 5.97 Å². The summed E-state index contributed by atoms with van der Waals surface area (Å²) in [7, 11) is 3.91. The van der Waals surface area contributed by atoms with Gasteiger partial charge in [-0.25, -0.2) is 4.79 Å². The average molecular weight is 384 g/mol. The predicted octanol–water partition coefficient (Wildman–Crippen LogP) is 3.24. The summed E-state index contributed by atoms with van der Waals surface area (Å²) in [6.07, 6.45) is 0.995. The lowest BCUT2D eigenvalue weighted by Crippen LogP contribution is -2.35. The first-order valence-electron chi connectivity index (χ1n) is 9.52. The van der Waals surface area contributed by atoms with Crippen LogP contribution in [0.15, 0.2) is 47.1 Å². The molecule has 0 aromatic heterocycles. The Balaban J connectivity index is 2.14. The summed E-state index contributed by atoms with van der Waals surface area (Å²) in [5, 5.41) is 0. The molecule has 0 bridgehead atoms. The molecule has 1 heterocycles. The zero-order chi connectivity index (χ0) is 20.6. The van der Waals surface area contributed by atoms with Crippen LogP contribution in [0.2, 0.25) is 0 Å². The molecule has 1 atom stereocenters. The monoisotopic (exact) mass is 384 g/mol. The van der Waals surface area contributed by atoms with Crippen LogP contribution in [-0.2, 0) is 19.1 Å². The van der Waals surface area contributed by atoms with Crippen molar-refractivity contribution in [2.45, 2.75) is 39.5 Å². The number of allylic oxidation sites excluding steroid dienone is 2. The van der Waals surface area contributed by atoms with E-state index in [4.69, 9.17) is 15.2 Å². The fraction of sp³-hybridized carbons (Fsp3) is 0.455. The molecule has 0 unspecified atom stereocenters. The molecule has 1 aliphatic heterocycles. The van der Waals surface area contributed by atoms with E-state index in [0.717, 1.165) is 11.3 Å². The maximum atomic E-state index is 13.1. The summed E-state index contributed by atoms with van der Waals surface area (Å²) >= 11 is 0. The van der Waals surface area contributed by atoms with Crippen molar-refractivity contribution in [3.05, 3.63) is 52.6 Å². The summed E-state index contributed by atoms with van der Waals surface area (Å²) in [4.78, 5) is 27.8. The van der Waals surface area contributed by atoms with E-state index in [2.05, 4.69) is 0 Å². The van der Waals surface area contributed by atoms with Crippen molar-refractivity contribution >= 4 is 17.4 Å². The Labute approximate surface area is 166 Å². The lowest BCUT2D eigenvalue weighted by atomic mass is 9.70. The molecule has 0 amide bonds. The lowest BCUT2D eigenvalue weighted by Gasteiger charge is -2.38. The summed E-state index contributed by atoms with van der Waals surface area (Å²) < 4.78 is 11.0. The minimum atomic E-state index is -0.581. The van der Waals surface area contributed by atoms with Crippen molar-refractivity contribution < 1.29 is 19.1 Å². The summed E-state index contributed by atoms with van der Waals surface area (Å²) in [6.45, 7) is 6.01.